The van der Waals surface area contributed by atoms with Crippen molar-refractivity contribution in [2.45, 2.75) is 19.4 Å². The summed E-state index contributed by atoms with van der Waals surface area (Å²) < 4.78 is 1.22. The highest BCUT2D eigenvalue weighted by molar-refractivity contribution is 9.10. The predicted octanol–water partition coefficient (Wildman–Crippen LogP) is 3.71. The Morgan fingerprint density at radius 2 is 2.06 bits per heavy atom. The molecule has 1 aliphatic heterocycles. The molecule has 17 heavy (non-hydrogen) atoms. The van der Waals surface area contributed by atoms with Crippen LogP contribution in [0.15, 0.2) is 15.9 Å². The topological polar surface area (TPSA) is 15.3 Å². The molecular weight excluding hydrogens is 343 g/mol. The Balaban J connectivity index is 0.00000128. The fourth-order valence-corrected chi connectivity index (χ4v) is 3.80. The lowest BCUT2D eigenvalue weighted by Crippen LogP contribution is -2.44. The van der Waals surface area contributed by atoms with Gasteiger partial charge in [0.05, 0.1) is 0 Å². The molecule has 2 rings (SSSR count). The van der Waals surface area contributed by atoms with Crippen LogP contribution < -0.4 is 5.32 Å². The van der Waals surface area contributed by atoms with Crippen molar-refractivity contribution >= 4 is 52.1 Å². The van der Waals surface area contributed by atoms with Crippen LogP contribution in [0.4, 0.5) is 0 Å². The Labute approximate surface area is 128 Å². The fraction of sp³-hybridized carbons (Fsp3) is 0.636. The maximum atomic E-state index is 3.53. The summed E-state index contributed by atoms with van der Waals surface area (Å²) >= 11 is 5.40. The molecule has 1 atom stereocenters. The summed E-state index contributed by atoms with van der Waals surface area (Å²) in [6.45, 7) is 6.88. The van der Waals surface area contributed by atoms with E-state index in [1.165, 1.54) is 28.9 Å². The van der Waals surface area contributed by atoms with Crippen molar-refractivity contribution in [2.24, 2.45) is 0 Å². The molecule has 0 radical (unpaired) electrons. The minimum absolute atomic E-state index is 0. The fourth-order valence-electron chi connectivity index (χ4n) is 2.14. The van der Waals surface area contributed by atoms with E-state index in [1.54, 1.807) is 0 Å². The van der Waals surface area contributed by atoms with E-state index in [1.807, 2.05) is 11.3 Å². The van der Waals surface area contributed by atoms with Crippen molar-refractivity contribution in [1.29, 1.82) is 0 Å². The second-order valence-electron chi connectivity index (χ2n) is 3.88. The highest BCUT2D eigenvalue weighted by Gasteiger charge is 2.21. The lowest BCUT2D eigenvalue weighted by molar-refractivity contribution is 0.172. The van der Waals surface area contributed by atoms with Crippen LogP contribution in [0.1, 0.15) is 24.3 Å². The molecule has 1 aromatic heterocycles. The van der Waals surface area contributed by atoms with E-state index in [0.717, 1.165) is 13.1 Å². The maximum absolute atomic E-state index is 3.53. The predicted molar refractivity (Wildman–Crippen MR) is 84.0 cm³/mol. The first-order chi connectivity index (χ1) is 7.31. The Kier molecular flexibility index (Phi) is 9.07. The highest BCUT2D eigenvalue weighted by Crippen LogP contribution is 2.31. The maximum Gasteiger partial charge on any atom is 0.0440 e. The molecule has 1 aromatic rings. The first-order valence-corrected chi connectivity index (χ1v) is 7.17. The second-order valence-corrected chi connectivity index (χ2v) is 5.74. The Morgan fingerprint density at radius 3 is 2.53 bits per heavy atom. The standard InChI is InChI=1S/C11H17BrN2S.2ClH/c1-2-10(11-7-9(12)8-15-11)14-5-3-13-4-6-14;;/h7-8,10,13H,2-6H2,1H3;2*1H/t10-;;/m1../s1. The van der Waals surface area contributed by atoms with Gasteiger partial charge < -0.3 is 5.32 Å². The summed E-state index contributed by atoms with van der Waals surface area (Å²) in [5, 5.41) is 5.58. The average Bonchev–Trinajstić information content (AvgIpc) is 2.68. The van der Waals surface area contributed by atoms with Gasteiger partial charge in [-0.1, -0.05) is 6.92 Å². The number of nitrogens with one attached hydrogen (secondary N) is 1. The molecule has 0 bridgehead atoms. The van der Waals surface area contributed by atoms with Crippen LogP contribution in [0.3, 0.4) is 0 Å². The van der Waals surface area contributed by atoms with Gasteiger partial charge in [-0.3, -0.25) is 4.90 Å². The van der Waals surface area contributed by atoms with Gasteiger partial charge in [-0.2, -0.15) is 0 Å². The van der Waals surface area contributed by atoms with E-state index in [2.05, 4.69) is 44.5 Å². The molecule has 0 unspecified atom stereocenters. The number of thiophene rings is 1. The second kappa shape index (κ2) is 8.73. The van der Waals surface area contributed by atoms with Crippen LogP contribution in [0, 0.1) is 0 Å². The first kappa shape index (κ1) is 17.7. The SMILES string of the molecule is CC[C@H](c1cc(Br)cs1)N1CCNCC1.Cl.Cl. The number of hydrogen-bond acceptors (Lipinski definition) is 3. The number of rotatable bonds is 3. The number of nitrogens with zero attached hydrogens (tertiary/aromatic N) is 1. The van der Waals surface area contributed by atoms with Crippen molar-refractivity contribution < 1.29 is 0 Å². The van der Waals surface area contributed by atoms with Gasteiger partial charge >= 0.3 is 0 Å². The van der Waals surface area contributed by atoms with Gasteiger partial charge in [-0.05, 0) is 28.4 Å². The van der Waals surface area contributed by atoms with E-state index in [9.17, 15) is 0 Å². The number of hydrogen-bond donors (Lipinski definition) is 1. The van der Waals surface area contributed by atoms with E-state index >= 15 is 0 Å². The Bertz CT molecular complexity index is 316. The van der Waals surface area contributed by atoms with Crippen molar-refractivity contribution in [3.8, 4) is 0 Å². The van der Waals surface area contributed by atoms with Gasteiger partial charge in [0.25, 0.3) is 0 Å². The third-order valence-corrected chi connectivity index (χ3v) is 4.69. The van der Waals surface area contributed by atoms with Crippen LogP contribution in [0.5, 0.6) is 0 Å². The first-order valence-electron chi connectivity index (χ1n) is 5.50. The summed E-state index contributed by atoms with van der Waals surface area (Å²) in [6, 6.07) is 2.88. The van der Waals surface area contributed by atoms with Crippen molar-refractivity contribution in [3.63, 3.8) is 0 Å². The van der Waals surface area contributed by atoms with Crippen LogP contribution >= 0.6 is 52.1 Å². The van der Waals surface area contributed by atoms with E-state index < -0.39 is 0 Å². The molecule has 0 amide bonds. The molecule has 1 aliphatic rings. The number of piperazine rings is 1. The summed E-state index contributed by atoms with van der Waals surface area (Å²) in [5.41, 5.74) is 0. The molecule has 0 spiro atoms. The molecule has 0 aliphatic carbocycles. The molecule has 1 saturated heterocycles. The lowest BCUT2D eigenvalue weighted by atomic mass is 10.1. The third-order valence-electron chi connectivity index (χ3n) is 2.90. The van der Waals surface area contributed by atoms with Gasteiger partial charge in [0.1, 0.15) is 0 Å². The minimum Gasteiger partial charge on any atom is -0.314 e. The van der Waals surface area contributed by atoms with Gasteiger partial charge in [0.2, 0.25) is 0 Å². The van der Waals surface area contributed by atoms with E-state index in [4.69, 9.17) is 0 Å². The summed E-state index contributed by atoms with van der Waals surface area (Å²) in [7, 11) is 0. The smallest absolute Gasteiger partial charge is 0.0440 e. The quantitative estimate of drug-likeness (QED) is 0.882. The van der Waals surface area contributed by atoms with Crippen molar-refractivity contribution in [1.82, 2.24) is 10.2 Å². The van der Waals surface area contributed by atoms with Gasteiger partial charge in [-0.15, -0.1) is 36.2 Å². The monoisotopic (exact) mass is 360 g/mol. The molecule has 0 aromatic carbocycles. The summed E-state index contributed by atoms with van der Waals surface area (Å²) in [4.78, 5) is 4.08. The largest absolute Gasteiger partial charge is 0.314 e. The molecule has 2 heterocycles. The molecular formula is C11H19BrCl2N2S. The molecule has 100 valence electrons. The van der Waals surface area contributed by atoms with Gasteiger partial charge in [0, 0.05) is 47.0 Å². The minimum atomic E-state index is 0. The summed E-state index contributed by atoms with van der Waals surface area (Å²) in [6.07, 6.45) is 1.20. The van der Waals surface area contributed by atoms with Crippen molar-refractivity contribution in [3.05, 3.63) is 20.8 Å². The zero-order chi connectivity index (χ0) is 10.7. The molecule has 0 saturated carbocycles. The molecule has 2 nitrogen and oxygen atoms in total. The van der Waals surface area contributed by atoms with E-state index in [-0.39, 0.29) is 24.8 Å². The zero-order valence-electron chi connectivity index (χ0n) is 9.82. The Hall–Kier alpha value is 0.680. The highest BCUT2D eigenvalue weighted by atomic mass is 79.9. The average molecular weight is 362 g/mol. The Morgan fingerprint density at radius 1 is 1.41 bits per heavy atom. The number of halogens is 3. The van der Waals surface area contributed by atoms with E-state index in [0.29, 0.717) is 6.04 Å². The zero-order valence-corrected chi connectivity index (χ0v) is 13.9. The lowest BCUT2D eigenvalue weighted by Gasteiger charge is -2.33. The third kappa shape index (κ3) is 4.69. The summed E-state index contributed by atoms with van der Waals surface area (Å²) in [5.74, 6) is 0. The normalized spacial score (nSPS) is 18.0. The van der Waals surface area contributed by atoms with Gasteiger partial charge in [-0.25, -0.2) is 0 Å². The molecule has 1 N–H and O–H groups in total. The van der Waals surface area contributed by atoms with Gasteiger partial charge in [0.15, 0.2) is 0 Å². The van der Waals surface area contributed by atoms with Crippen molar-refractivity contribution in [2.75, 3.05) is 26.2 Å². The molecule has 1 fully saturated rings. The molecule has 6 heteroatoms. The van der Waals surface area contributed by atoms with Crippen LogP contribution in [0.25, 0.3) is 0 Å². The van der Waals surface area contributed by atoms with Crippen LogP contribution in [-0.2, 0) is 0 Å². The van der Waals surface area contributed by atoms with Crippen LogP contribution in [-0.4, -0.2) is 31.1 Å². The van der Waals surface area contributed by atoms with Crippen LogP contribution in [0.2, 0.25) is 0 Å².